The Labute approximate surface area is 91.6 Å². The van der Waals surface area contributed by atoms with E-state index in [4.69, 9.17) is 10.00 Å². The molecule has 1 saturated carbocycles. The SMILES string of the molecule is COc1cccc(Br)c1C1(C#N)CC1. The van der Waals surface area contributed by atoms with Gasteiger partial charge in [0.1, 0.15) is 5.75 Å². The molecule has 1 aromatic carbocycles. The van der Waals surface area contributed by atoms with Crippen LogP contribution in [0.5, 0.6) is 5.75 Å². The van der Waals surface area contributed by atoms with Gasteiger partial charge in [0.2, 0.25) is 0 Å². The van der Waals surface area contributed by atoms with Gasteiger partial charge < -0.3 is 4.74 Å². The van der Waals surface area contributed by atoms with Crippen molar-refractivity contribution in [3.63, 3.8) is 0 Å². The van der Waals surface area contributed by atoms with Crippen molar-refractivity contribution in [1.82, 2.24) is 0 Å². The fraction of sp³-hybridized carbons (Fsp3) is 0.364. The predicted octanol–water partition coefficient (Wildman–Crippen LogP) is 3.01. The molecule has 0 amide bonds. The van der Waals surface area contributed by atoms with Gasteiger partial charge in [0, 0.05) is 10.0 Å². The van der Waals surface area contributed by atoms with Crippen molar-refractivity contribution in [1.29, 1.82) is 5.26 Å². The topological polar surface area (TPSA) is 33.0 Å². The molecule has 14 heavy (non-hydrogen) atoms. The standard InChI is InChI=1S/C11H10BrNO/c1-14-9-4-2-3-8(12)10(9)11(7-13)5-6-11/h2-4H,5-6H2,1H3. The van der Waals surface area contributed by atoms with Crippen molar-refractivity contribution in [2.45, 2.75) is 18.3 Å². The van der Waals surface area contributed by atoms with Crippen molar-refractivity contribution in [2.75, 3.05) is 7.11 Å². The molecular weight excluding hydrogens is 242 g/mol. The predicted molar refractivity (Wildman–Crippen MR) is 57.2 cm³/mol. The summed E-state index contributed by atoms with van der Waals surface area (Å²) < 4.78 is 6.24. The lowest BCUT2D eigenvalue weighted by atomic mass is 9.97. The van der Waals surface area contributed by atoms with Crippen LogP contribution in [0.1, 0.15) is 18.4 Å². The zero-order valence-electron chi connectivity index (χ0n) is 7.88. The Hall–Kier alpha value is -1.01. The number of methoxy groups -OCH3 is 1. The van der Waals surface area contributed by atoms with Crippen LogP contribution in [0.15, 0.2) is 22.7 Å². The number of nitriles is 1. The highest BCUT2D eigenvalue weighted by Crippen LogP contribution is 2.53. The van der Waals surface area contributed by atoms with E-state index in [1.54, 1.807) is 7.11 Å². The van der Waals surface area contributed by atoms with Gasteiger partial charge in [0.05, 0.1) is 18.6 Å². The molecule has 0 aliphatic heterocycles. The van der Waals surface area contributed by atoms with Crippen molar-refractivity contribution in [3.05, 3.63) is 28.2 Å². The second-order valence-corrected chi connectivity index (χ2v) is 4.37. The molecular formula is C11H10BrNO. The summed E-state index contributed by atoms with van der Waals surface area (Å²) in [4.78, 5) is 0. The van der Waals surface area contributed by atoms with Gasteiger partial charge in [-0.3, -0.25) is 0 Å². The molecule has 1 aromatic rings. The Bertz CT molecular complexity index is 404. The molecule has 2 rings (SSSR count). The summed E-state index contributed by atoms with van der Waals surface area (Å²) in [5.74, 6) is 0.804. The molecule has 1 aliphatic carbocycles. The van der Waals surface area contributed by atoms with Gasteiger partial charge in [0.25, 0.3) is 0 Å². The van der Waals surface area contributed by atoms with Crippen LogP contribution in [-0.2, 0) is 5.41 Å². The maximum absolute atomic E-state index is 9.13. The van der Waals surface area contributed by atoms with Gasteiger partial charge in [-0.1, -0.05) is 22.0 Å². The molecule has 72 valence electrons. The van der Waals surface area contributed by atoms with Gasteiger partial charge in [-0.15, -0.1) is 0 Å². The zero-order valence-corrected chi connectivity index (χ0v) is 9.47. The Balaban J connectivity index is 2.57. The van der Waals surface area contributed by atoms with E-state index in [0.29, 0.717) is 0 Å². The highest BCUT2D eigenvalue weighted by atomic mass is 79.9. The molecule has 1 aliphatic rings. The average molecular weight is 252 g/mol. The number of benzene rings is 1. The van der Waals surface area contributed by atoms with Crippen LogP contribution in [0.25, 0.3) is 0 Å². The van der Waals surface area contributed by atoms with E-state index >= 15 is 0 Å². The Kier molecular flexibility index (Phi) is 2.24. The lowest BCUT2D eigenvalue weighted by Crippen LogP contribution is -2.06. The van der Waals surface area contributed by atoms with Gasteiger partial charge in [-0.25, -0.2) is 0 Å². The first-order valence-corrected chi connectivity index (χ1v) is 5.27. The fourth-order valence-corrected chi connectivity index (χ4v) is 2.41. The highest BCUT2D eigenvalue weighted by Gasteiger charge is 2.48. The maximum atomic E-state index is 9.13. The van der Waals surface area contributed by atoms with Crippen LogP contribution in [0.2, 0.25) is 0 Å². The molecule has 1 fully saturated rings. The van der Waals surface area contributed by atoms with E-state index in [1.165, 1.54) is 0 Å². The molecule has 0 heterocycles. The van der Waals surface area contributed by atoms with E-state index in [-0.39, 0.29) is 5.41 Å². The molecule has 0 radical (unpaired) electrons. The lowest BCUT2D eigenvalue weighted by Gasteiger charge is -2.13. The Morgan fingerprint density at radius 1 is 1.50 bits per heavy atom. The minimum absolute atomic E-state index is 0.300. The number of nitrogens with zero attached hydrogens (tertiary/aromatic N) is 1. The molecule has 0 atom stereocenters. The molecule has 0 saturated heterocycles. The first-order valence-electron chi connectivity index (χ1n) is 4.48. The van der Waals surface area contributed by atoms with Crippen molar-refractivity contribution in [2.24, 2.45) is 0 Å². The van der Waals surface area contributed by atoms with E-state index < -0.39 is 0 Å². The smallest absolute Gasteiger partial charge is 0.124 e. The second kappa shape index (κ2) is 3.29. The molecule has 0 bridgehead atoms. The normalized spacial score (nSPS) is 17.2. The quantitative estimate of drug-likeness (QED) is 0.810. The van der Waals surface area contributed by atoms with Crippen molar-refractivity contribution in [3.8, 4) is 11.8 Å². The fourth-order valence-electron chi connectivity index (χ4n) is 1.68. The maximum Gasteiger partial charge on any atom is 0.124 e. The summed E-state index contributed by atoms with van der Waals surface area (Å²) in [7, 11) is 1.64. The van der Waals surface area contributed by atoms with Gasteiger partial charge in [-0.2, -0.15) is 5.26 Å². The van der Waals surface area contributed by atoms with Gasteiger partial charge in [-0.05, 0) is 25.0 Å². The summed E-state index contributed by atoms with van der Waals surface area (Å²) in [6.07, 6.45) is 1.87. The summed E-state index contributed by atoms with van der Waals surface area (Å²) in [6, 6.07) is 8.14. The van der Waals surface area contributed by atoms with Crippen LogP contribution < -0.4 is 4.74 Å². The average Bonchev–Trinajstić information content (AvgIpc) is 2.98. The third-order valence-corrected chi connectivity index (χ3v) is 3.30. The van der Waals surface area contributed by atoms with Crippen molar-refractivity contribution < 1.29 is 4.74 Å². The van der Waals surface area contributed by atoms with Crippen LogP contribution in [0.4, 0.5) is 0 Å². The van der Waals surface area contributed by atoms with E-state index in [1.807, 2.05) is 18.2 Å². The number of rotatable bonds is 2. The summed E-state index contributed by atoms with van der Waals surface area (Å²) in [6.45, 7) is 0. The minimum atomic E-state index is -0.300. The van der Waals surface area contributed by atoms with Crippen LogP contribution in [-0.4, -0.2) is 7.11 Å². The molecule has 2 nitrogen and oxygen atoms in total. The van der Waals surface area contributed by atoms with Gasteiger partial charge >= 0.3 is 0 Å². The van der Waals surface area contributed by atoms with E-state index in [0.717, 1.165) is 28.6 Å². The highest BCUT2D eigenvalue weighted by molar-refractivity contribution is 9.10. The molecule has 0 aromatic heterocycles. The van der Waals surface area contributed by atoms with Gasteiger partial charge in [0.15, 0.2) is 0 Å². The zero-order chi connectivity index (χ0) is 10.2. The molecule has 0 N–H and O–H groups in total. The first-order chi connectivity index (χ1) is 6.73. The summed E-state index contributed by atoms with van der Waals surface area (Å²) in [5, 5.41) is 9.13. The Morgan fingerprint density at radius 2 is 2.21 bits per heavy atom. The largest absolute Gasteiger partial charge is 0.496 e. The summed E-state index contributed by atoms with van der Waals surface area (Å²) in [5.41, 5.74) is 0.704. The third kappa shape index (κ3) is 1.31. The van der Waals surface area contributed by atoms with Crippen LogP contribution in [0, 0.1) is 11.3 Å². The minimum Gasteiger partial charge on any atom is -0.496 e. The summed E-state index contributed by atoms with van der Waals surface area (Å²) >= 11 is 3.47. The number of ether oxygens (including phenoxy) is 1. The van der Waals surface area contributed by atoms with Crippen molar-refractivity contribution >= 4 is 15.9 Å². The monoisotopic (exact) mass is 251 g/mol. The van der Waals surface area contributed by atoms with E-state index in [9.17, 15) is 0 Å². The second-order valence-electron chi connectivity index (χ2n) is 3.51. The first kappa shape index (κ1) is 9.54. The number of hydrogen-bond donors (Lipinski definition) is 0. The molecule has 3 heteroatoms. The molecule has 0 unspecified atom stereocenters. The third-order valence-electron chi connectivity index (χ3n) is 2.64. The van der Waals surface area contributed by atoms with E-state index in [2.05, 4.69) is 22.0 Å². The number of hydrogen-bond acceptors (Lipinski definition) is 2. The van der Waals surface area contributed by atoms with Crippen LogP contribution >= 0.6 is 15.9 Å². The Morgan fingerprint density at radius 3 is 2.71 bits per heavy atom. The lowest BCUT2D eigenvalue weighted by molar-refractivity contribution is 0.407. The van der Waals surface area contributed by atoms with Crippen LogP contribution in [0.3, 0.4) is 0 Å². The number of halogens is 1. The molecule has 0 spiro atoms.